The van der Waals surface area contributed by atoms with E-state index in [1.54, 1.807) is 23.1 Å². The van der Waals surface area contributed by atoms with E-state index in [1.807, 2.05) is 19.9 Å². The van der Waals surface area contributed by atoms with Gasteiger partial charge in [-0.15, -0.1) is 0 Å². The van der Waals surface area contributed by atoms with E-state index in [2.05, 4.69) is 11.9 Å². The number of rotatable bonds is 6. The molecule has 6 nitrogen and oxygen atoms in total. The monoisotopic (exact) mass is 329 g/mol. The number of anilines is 2. The summed E-state index contributed by atoms with van der Waals surface area (Å²) in [4.78, 5) is 39.6. The van der Waals surface area contributed by atoms with Crippen molar-refractivity contribution in [3.8, 4) is 0 Å². The summed E-state index contributed by atoms with van der Waals surface area (Å²) < 4.78 is 0. The van der Waals surface area contributed by atoms with Crippen molar-refractivity contribution in [3.05, 3.63) is 36.4 Å². The van der Waals surface area contributed by atoms with Crippen LogP contribution in [0.2, 0.25) is 0 Å². The first kappa shape index (κ1) is 17.7. The van der Waals surface area contributed by atoms with Crippen LogP contribution in [0.4, 0.5) is 11.4 Å². The van der Waals surface area contributed by atoms with Crippen molar-refractivity contribution in [2.75, 3.05) is 29.9 Å². The first-order valence-corrected chi connectivity index (χ1v) is 8.03. The molecule has 1 N–H and O–H groups in total. The quantitative estimate of drug-likeness (QED) is 0.813. The molecule has 0 saturated heterocycles. The predicted octanol–water partition coefficient (Wildman–Crippen LogP) is 2.18. The van der Waals surface area contributed by atoms with E-state index in [-0.39, 0.29) is 37.1 Å². The van der Waals surface area contributed by atoms with Gasteiger partial charge >= 0.3 is 0 Å². The van der Waals surface area contributed by atoms with Crippen LogP contribution in [0.5, 0.6) is 0 Å². The molecule has 1 aliphatic rings. The zero-order valence-corrected chi connectivity index (χ0v) is 14.2. The number of hydrogen-bond acceptors (Lipinski definition) is 3. The van der Waals surface area contributed by atoms with E-state index in [0.29, 0.717) is 24.5 Å². The Labute approximate surface area is 142 Å². The van der Waals surface area contributed by atoms with E-state index in [0.717, 1.165) is 5.57 Å². The minimum Gasteiger partial charge on any atom is -0.339 e. The molecule has 0 spiro atoms. The summed E-state index contributed by atoms with van der Waals surface area (Å²) in [5, 5.41) is 2.74. The third kappa shape index (κ3) is 4.22. The molecule has 24 heavy (non-hydrogen) atoms. The maximum absolute atomic E-state index is 12.5. The number of amides is 3. The number of fused-ring (bicyclic) bond motifs is 1. The van der Waals surface area contributed by atoms with Gasteiger partial charge in [0.25, 0.3) is 0 Å². The summed E-state index contributed by atoms with van der Waals surface area (Å²) in [7, 11) is 0. The minimum absolute atomic E-state index is 0.0205. The second kappa shape index (κ2) is 7.77. The van der Waals surface area contributed by atoms with E-state index in [4.69, 9.17) is 0 Å². The van der Waals surface area contributed by atoms with Gasteiger partial charge in [-0.3, -0.25) is 14.4 Å². The van der Waals surface area contributed by atoms with Gasteiger partial charge in [0.2, 0.25) is 17.7 Å². The Bertz CT molecular complexity index is 669. The van der Waals surface area contributed by atoms with Gasteiger partial charge in [-0.1, -0.05) is 24.3 Å². The van der Waals surface area contributed by atoms with Gasteiger partial charge < -0.3 is 15.1 Å². The van der Waals surface area contributed by atoms with Crippen LogP contribution in [0, 0.1) is 0 Å². The fourth-order valence-electron chi connectivity index (χ4n) is 2.66. The van der Waals surface area contributed by atoms with Crippen molar-refractivity contribution < 1.29 is 14.4 Å². The number of likely N-dealkylation sites (N-methyl/N-ethyl adjacent to an activating group) is 1. The number of carbonyl (C=O) groups is 3. The number of benzene rings is 1. The van der Waals surface area contributed by atoms with Crippen molar-refractivity contribution in [1.29, 1.82) is 0 Å². The van der Waals surface area contributed by atoms with E-state index < -0.39 is 0 Å². The Kier molecular flexibility index (Phi) is 5.73. The smallest absolute Gasteiger partial charge is 0.244 e. The van der Waals surface area contributed by atoms with Crippen molar-refractivity contribution in [1.82, 2.24) is 4.90 Å². The summed E-state index contributed by atoms with van der Waals surface area (Å²) in [6.07, 6.45) is 0.202. The second-order valence-corrected chi connectivity index (χ2v) is 5.91. The summed E-state index contributed by atoms with van der Waals surface area (Å²) in [5.41, 5.74) is 2.19. The molecule has 0 aliphatic carbocycles. The molecular weight excluding hydrogens is 306 g/mol. The normalized spacial score (nSPS) is 13.1. The van der Waals surface area contributed by atoms with Gasteiger partial charge in [0.15, 0.2) is 0 Å². The van der Waals surface area contributed by atoms with Crippen LogP contribution < -0.4 is 10.2 Å². The standard InChI is InChI=1S/C18H23N3O3/c1-4-20(11-13(2)3)17(23)9-10-18(24)21-12-16(22)19-14-7-5-6-8-15(14)21/h5-8H,2,4,9-12H2,1,3H3,(H,19,22). The van der Waals surface area contributed by atoms with Crippen LogP contribution in [-0.4, -0.2) is 42.3 Å². The molecule has 1 aromatic rings. The number of carbonyl (C=O) groups excluding carboxylic acids is 3. The maximum atomic E-state index is 12.5. The Morgan fingerprint density at radius 2 is 2.00 bits per heavy atom. The third-order valence-electron chi connectivity index (χ3n) is 3.82. The molecule has 1 aliphatic heterocycles. The van der Waals surface area contributed by atoms with Crippen LogP contribution in [0.3, 0.4) is 0 Å². The molecule has 128 valence electrons. The van der Waals surface area contributed by atoms with Crippen molar-refractivity contribution in [3.63, 3.8) is 0 Å². The molecule has 0 aromatic heterocycles. The van der Waals surface area contributed by atoms with Crippen molar-refractivity contribution >= 4 is 29.1 Å². The average molecular weight is 329 g/mol. The summed E-state index contributed by atoms with van der Waals surface area (Å²) >= 11 is 0. The Balaban J connectivity index is 2.01. The molecule has 0 unspecified atom stereocenters. The third-order valence-corrected chi connectivity index (χ3v) is 3.82. The van der Waals surface area contributed by atoms with Crippen LogP contribution in [0.15, 0.2) is 36.4 Å². The van der Waals surface area contributed by atoms with Crippen molar-refractivity contribution in [2.45, 2.75) is 26.7 Å². The van der Waals surface area contributed by atoms with Gasteiger partial charge in [0.05, 0.1) is 11.4 Å². The highest BCUT2D eigenvalue weighted by atomic mass is 16.2. The highest BCUT2D eigenvalue weighted by Gasteiger charge is 2.27. The second-order valence-electron chi connectivity index (χ2n) is 5.91. The zero-order chi connectivity index (χ0) is 17.7. The Morgan fingerprint density at radius 1 is 1.29 bits per heavy atom. The first-order chi connectivity index (χ1) is 11.4. The van der Waals surface area contributed by atoms with Crippen LogP contribution in [-0.2, 0) is 14.4 Å². The summed E-state index contributed by atoms with van der Waals surface area (Å²) in [6.45, 7) is 8.63. The molecule has 1 heterocycles. The fourth-order valence-corrected chi connectivity index (χ4v) is 2.66. The maximum Gasteiger partial charge on any atom is 0.244 e. The van der Waals surface area contributed by atoms with Crippen LogP contribution in [0.25, 0.3) is 0 Å². The van der Waals surface area contributed by atoms with Crippen molar-refractivity contribution in [2.24, 2.45) is 0 Å². The lowest BCUT2D eigenvalue weighted by molar-refractivity contribution is -0.132. The Morgan fingerprint density at radius 3 is 2.67 bits per heavy atom. The van der Waals surface area contributed by atoms with Gasteiger partial charge in [-0.05, 0) is 26.0 Å². The lowest BCUT2D eigenvalue weighted by Gasteiger charge is -2.29. The van der Waals surface area contributed by atoms with Crippen LogP contribution in [0.1, 0.15) is 26.7 Å². The lowest BCUT2D eigenvalue weighted by Crippen LogP contribution is -2.42. The van der Waals surface area contributed by atoms with Crippen LogP contribution >= 0.6 is 0 Å². The number of nitrogens with one attached hydrogen (secondary N) is 1. The average Bonchev–Trinajstić information content (AvgIpc) is 2.56. The first-order valence-electron chi connectivity index (χ1n) is 8.03. The molecule has 0 saturated carbocycles. The highest BCUT2D eigenvalue weighted by molar-refractivity contribution is 6.10. The highest BCUT2D eigenvalue weighted by Crippen LogP contribution is 2.29. The molecule has 0 bridgehead atoms. The molecule has 0 fully saturated rings. The van der Waals surface area contributed by atoms with Gasteiger partial charge in [-0.2, -0.15) is 0 Å². The molecular formula is C18H23N3O3. The number of hydrogen-bond donors (Lipinski definition) is 1. The number of para-hydroxylation sites is 2. The van der Waals surface area contributed by atoms with E-state index in [9.17, 15) is 14.4 Å². The molecule has 0 radical (unpaired) electrons. The topological polar surface area (TPSA) is 69.7 Å². The molecule has 3 amide bonds. The molecule has 0 atom stereocenters. The number of nitrogens with zero attached hydrogens (tertiary/aromatic N) is 2. The summed E-state index contributed by atoms with van der Waals surface area (Å²) in [5.74, 6) is -0.536. The molecule has 1 aromatic carbocycles. The van der Waals surface area contributed by atoms with E-state index >= 15 is 0 Å². The van der Waals surface area contributed by atoms with E-state index in [1.165, 1.54) is 4.90 Å². The zero-order valence-electron chi connectivity index (χ0n) is 14.2. The lowest BCUT2D eigenvalue weighted by atomic mass is 10.1. The minimum atomic E-state index is -0.231. The molecule has 6 heteroatoms. The Hall–Kier alpha value is -2.63. The largest absolute Gasteiger partial charge is 0.339 e. The van der Waals surface area contributed by atoms with Gasteiger partial charge in [0.1, 0.15) is 6.54 Å². The molecule has 2 rings (SSSR count). The van der Waals surface area contributed by atoms with Gasteiger partial charge in [0, 0.05) is 25.9 Å². The summed E-state index contributed by atoms with van der Waals surface area (Å²) in [6, 6.07) is 7.15. The fraction of sp³-hybridized carbons (Fsp3) is 0.389. The predicted molar refractivity (Wildman–Crippen MR) is 93.7 cm³/mol. The van der Waals surface area contributed by atoms with Gasteiger partial charge in [-0.25, -0.2) is 0 Å². The SMILES string of the molecule is C=C(C)CN(CC)C(=O)CCC(=O)N1CC(=O)Nc2ccccc21.